The first kappa shape index (κ1) is 13.5. The molecule has 4 heteroatoms. The second-order valence-corrected chi connectivity index (χ2v) is 7.50. The molecule has 15 heavy (non-hydrogen) atoms. The maximum absolute atomic E-state index is 11.0. The van der Waals surface area contributed by atoms with Gasteiger partial charge in [0, 0.05) is 40.1 Å². The Hall–Kier alpha value is 0.460. The minimum atomic E-state index is -0.647. The fourth-order valence-corrected chi connectivity index (χ4v) is 3.77. The first-order valence-corrected chi connectivity index (χ1v) is 8.55. The first-order chi connectivity index (χ1) is 7.09. The fraction of sp³-hybridized carbons (Fsp3) is 1.00. The van der Waals surface area contributed by atoms with Crippen LogP contribution in [-0.2, 0) is 10.8 Å². The summed E-state index contributed by atoms with van der Waals surface area (Å²) in [5.74, 6) is 2.13. The van der Waals surface area contributed by atoms with Crippen molar-refractivity contribution >= 4 is 22.6 Å². The van der Waals surface area contributed by atoms with Gasteiger partial charge in [-0.25, -0.2) is 0 Å². The third kappa shape index (κ3) is 5.36. The van der Waals surface area contributed by atoms with Crippen molar-refractivity contribution in [3.63, 3.8) is 0 Å². The maximum atomic E-state index is 11.0. The van der Waals surface area contributed by atoms with Crippen molar-refractivity contribution in [2.45, 2.75) is 50.4 Å². The maximum Gasteiger partial charge on any atom is 0.0246 e. The third-order valence-electron chi connectivity index (χ3n) is 2.94. The highest BCUT2D eigenvalue weighted by atomic mass is 32.2. The van der Waals surface area contributed by atoms with Gasteiger partial charge in [0.1, 0.15) is 0 Å². The lowest BCUT2D eigenvalue weighted by atomic mass is 10.1. The molecule has 0 spiro atoms. The Bertz CT molecular complexity index is 211. The van der Waals surface area contributed by atoms with Crippen LogP contribution in [0.15, 0.2) is 0 Å². The Morgan fingerprint density at radius 2 is 2.33 bits per heavy atom. The molecule has 0 aliphatic carbocycles. The topological polar surface area (TPSA) is 29.1 Å². The third-order valence-corrected chi connectivity index (χ3v) is 5.13. The Balaban J connectivity index is 2.23. The zero-order chi connectivity index (χ0) is 11.3. The van der Waals surface area contributed by atoms with E-state index >= 15 is 0 Å². The summed E-state index contributed by atoms with van der Waals surface area (Å²) in [7, 11) is -0.647. The number of rotatable bonds is 5. The monoisotopic (exact) mass is 249 g/mol. The number of hydrogen-bond donors (Lipinski definition) is 1. The lowest BCUT2D eigenvalue weighted by Gasteiger charge is -2.31. The molecule has 2 nitrogen and oxygen atoms in total. The summed E-state index contributed by atoms with van der Waals surface area (Å²) in [4.78, 5) is 0. The van der Waals surface area contributed by atoms with Crippen LogP contribution in [0, 0.1) is 0 Å². The molecular weight excluding hydrogens is 226 g/mol. The molecule has 0 aromatic heterocycles. The van der Waals surface area contributed by atoms with Crippen LogP contribution < -0.4 is 5.32 Å². The molecule has 0 bridgehead atoms. The van der Waals surface area contributed by atoms with E-state index in [9.17, 15) is 4.21 Å². The van der Waals surface area contributed by atoms with Crippen LogP contribution in [-0.4, -0.2) is 39.3 Å². The zero-order valence-corrected chi connectivity index (χ0v) is 11.6. The Morgan fingerprint density at radius 3 is 2.93 bits per heavy atom. The molecule has 1 aliphatic heterocycles. The van der Waals surface area contributed by atoms with Crippen LogP contribution in [0.1, 0.15) is 33.1 Å². The molecule has 1 aliphatic rings. The van der Waals surface area contributed by atoms with Crippen molar-refractivity contribution in [1.82, 2.24) is 5.32 Å². The smallest absolute Gasteiger partial charge is 0.0246 e. The summed E-state index contributed by atoms with van der Waals surface area (Å²) in [6.07, 6.45) is 5.44. The molecule has 1 heterocycles. The second-order valence-electron chi connectivity index (χ2n) is 4.46. The van der Waals surface area contributed by atoms with Gasteiger partial charge in [-0.05, 0) is 31.9 Å². The highest BCUT2D eigenvalue weighted by Crippen LogP contribution is 2.25. The molecular formula is C11H23NOS2. The number of nitrogens with one attached hydrogen (secondary N) is 1. The predicted molar refractivity (Wildman–Crippen MR) is 71.1 cm³/mol. The SMILES string of the molecule is CC(CCS(C)=O)NC1CCCSC1C. The van der Waals surface area contributed by atoms with Crippen molar-refractivity contribution in [1.29, 1.82) is 0 Å². The van der Waals surface area contributed by atoms with Crippen LogP contribution in [0.5, 0.6) is 0 Å². The summed E-state index contributed by atoms with van der Waals surface area (Å²) >= 11 is 2.07. The van der Waals surface area contributed by atoms with E-state index in [-0.39, 0.29) is 0 Å². The molecule has 0 amide bonds. The first-order valence-electron chi connectivity index (χ1n) is 5.77. The fourth-order valence-electron chi connectivity index (χ4n) is 1.93. The lowest BCUT2D eigenvalue weighted by Crippen LogP contribution is -2.44. The molecule has 1 N–H and O–H groups in total. The molecule has 0 saturated carbocycles. The van der Waals surface area contributed by atoms with Gasteiger partial charge >= 0.3 is 0 Å². The highest BCUT2D eigenvalue weighted by Gasteiger charge is 2.22. The van der Waals surface area contributed by atoms with E-state index in [2.05, 4.69) is 30.9 Å². The normalized spacial score (nSPS) is 31.1. The molecule has 0 aromatic rings. The van der Waals surface area contributed by atoms with Gasteiger partial charge in [0.15, 0.2) is 0 Å². The van der Waals surface area contributed by atoms with Gasteiger partial charge in [0.05, 0.1) is 0 Å². The summed E-state index contributed by atoms with van der Waals surface area (Å²) in [6.45, 7) is 4.52. The van der Waals surface area contributed by atoms with E-state index in [0.717, 1.165) is 17.4 Å². The van der Waals surface area contributed by atoms with Crippen molar-refractivity contribution in [2.75, 3.05) is 17.8 Å². The molecule has 4 atom stereocenters. The minimum absolute atomic E-state index is 0.500. The Kier molecular flexibility index (Phi) is 6.24. The molecule has 4 unspecified atom stereocenters. The van der Waals surface area contributed by atoms with Gasteiger partial charge in [-0.15, -0.1) is 0 Å². The van der Waals surface area contributed by atoms with Gasteiger partial charge in [0.2, 0.25) is 0 Å². The number of thioether (sulfide) groups is 1. The van der Waals surface area contributed by atoms with Gasteiger partial charge in [-0.1, -0.05) is 6.92 Å². The van der Waals surface area contributed by atoms with Crippen molar-refractivity contribution < 1.29 is 4.21 Å². The lowest BCUT2D eigenvalue weighted by molar-refractivity contribution is 0.405. The predicted octanol–water partition coefficient (Wildman–Crippen LogP) is 2.02. The van der Waals surface area contributed by atoms with Crippen LogP contribution in [0.3, 0.4) is 0 Å². The molecule has 1 saturated heterocycles. The van der Waals surface area contributed by atoms with Crippen LogP contribution >= 0.6 is 11.8 Å². The summed E-state index contributed by atoms with van der Waals surface area (Å²) in [6, 6.07) is 1.16. The minimum Gasteiger partial charge on any atom is -0.310 e. The van der Waals surface area contributed by atoms with Crippen molar-refractivity contribution in [3.05, 3.63) is 0 Å². The molecule has 0 aromatic carbocycles. The number of hydrogen-bond acceptors (Lipinski definition) is 3. The van der Waals surface area contributed by atoms with Crippen LogP contribution in [0.2, 0.25) is 0 Å². The summed E-state index contributed by atoms with van der Waals surface area (Å²) in [5, 5.41) is 4.40. The van der Waals surface area contributed by atoms with E-state index in [1.165, 1.54) is 18.6 Å². The van der Waals surface area contributed by atoms with Crippen LogP contribution in [0.4, 0.5) is 0 Å². The van der Waals surface area contributed by atoms with Gasteiger partial charge in [0.25, 0.3) is 0 Å². The van der Waals surface area contributed by atoms with Gasteiger partial charge < -0.3 is 5.32 Å². The summed E-state index contributed by atoms with van der Waals surface area (Å²) in [5.41, 5.74) is 0. The van der Waals surface area contributed by atoms with Gasteiger partial charge in [-0.3, -0.25) is 4.21 Å². The van der Waals surface area contributed by atoms with E-state index in [0.29, 0.717) is 12.1 Å². The molecule has 90 valence electrons. The van der Waals surface area contributed by atoms with Crippen LogP contribution in [0.25, 0.3) is 0 Å². The van der Waals surface area contributed by atoms with Crippen molar-refractivity contribution in [3.8, 4) is 0 Å². The Labute approximate surface area is 100 Å². The average molecular weight is 249 g/mol. The highest BCUT2D eigenvalue weighted by molar-refractivity contribution is 7.99. The van der Waals surface area contributed by atoms with Crippen molar-refractivity contribution in [2.24, 2.45) is 0 Å². The quantitative estimate of drug-likeness (QED) is 0.808. The van der Waals surface area contributed by atoms with Gasteiger partial charge in [-0.2, -0.15) is 11.8 Å². The van der Waals surface area contributed by atoms with E-state index in [1.54, 1.807) is 6.26 Å². The molecule has 1 fully saturated rings. The van der Waals surface area contributed by atoms with E-state index in [4.69, 9.17) is 0 Å². The summed E-state index contributed by atoms with van der Waals surface area (Å²) < 4.78 is 11.0. The second kappa shape index (κ2) is 6.92. The average Bonchev–Trinajstić information content (AvgIpc) is 2.18. The Morgan fingerprint density at radius 1 is 1.60 bits per heavy atom. The van der Waals surface area contributed by atoms with E-state index < -0.39 is 10.8 Å². The zero-order valence-electron chi connectivity index (χ0n) is 9.99. The van der Waals surface area contributed by atoms with E-state index in [1.807, 2.05) is 0 Å². The standard InChI is InChI=1S/C11H23NOS2/c1-9(6-8-15(3)13)12-11-5-4-7-14-10(11)2/h9-12H,4-8H2,1-3H3. The molecule has 0 radical (unpaired) electrons. The largest absolute Gasteiger partial charge is 0.310 e. The molecule has 1 rings (SSSR count).